The van der Waals surface area contributed by atoms with Gasteiger partial charge < -0.3 is 15.4 Å². The van der Waals surface area contributed by atoms with Crippen molar-refractivity contribution in [3.8, 4) is 5.69 Å². The first kappa shape index (κ1) is 13.5. The number of hydrogen-bond donors (Lipinski definition) is 2. The van der Waals surface area contributed by atoms with E-state index >= 15 is 0 Å². The van der Waals surface area contributed by atoms with E-state index < -0.39 is 5.97 Å². The van der Waals surface area contributed by atoms with Gasteiger partial charge >= 0.3 is 5.97 Å². The van der Waals surface area contributed by atoms with Crippen molar-refractivity contribution in [1.82, 2.24) is 9.55 Å². The molecule has 0 amide bonds. The fourth-order valence-corrected chi connectivity index (χ4v) is 2.32. The van der Waals surface area contributed by atoms with Crippen LogP contribution in [0.4, 0.5) is 0 Å². The number of nitrogens with two attached hydrogens (primary N) is 1. The summed E-state index contributed by atoms with van der Waals surface area (Å²) in [7, 11) is 0. The highest BCUT2D eigenvalue weighted by Crippen LogP contribution is 2.14. The van der Waals surface area contributed by atoms with Crippen molar-refractivity contribution in [2.75, 3.05) is 6.54 Å². The van der Waals surface area contributed by atoms with Gasteiger partial charge in [0.25, 0.3) is 0 Å². The Morgan fingerprint density at radius 3 is 3.05 bits per heavy atom. The van der Waals surface area contributed by atoms with Gasteiger partial charge in [0.05, 0.1) is 17.7 Å². The number of thiophene rings is 1. The molecule has 0 aliphatic rings. The van der Waals surface area contributed by atoms with Crippen molar-refractivity contribution in [2.45, 2.75) is 12.8 Å². The molecule has 0 aliphatic carbocycles. The van der Waals surface area contributed by atoms with Gasteiger partial charge in [-0.05, 0) is 24.4 Å². The molecule has 0 saturated heterocycles. The lowest BCUT2D eigenvalue weighted by molar-refractivity contribution is -0.132. The van der Waals surface area contributed by atoms with Crippen LogP contribution in [0.25, 0.3) is 5.69 Å². The fourth-order valence-electron chi connectivity index (χ4n) is 1.69. The molecule has 0 unspecified atom stereocenters. The quantitative estimate of drug-likeness (QED) is 0.789. The number of rotatable bonds is 6. The van der Waals surface area contributed by atoms with Crippen molar-refractivity contribution in [2.24, 2.45) is 5.73 Å². The number of carboxylic acids is 1. The van der Waals surface area contributed by atoms with Crippen LogP contribution in [0.15, 0.2) is 41.0 Å². The molecule has 0 aliphatic heterocycles. The Kier molecular flexibility index (Phi) is 4.48. The second-order valence-electron chi connectivity index (χ2n) is 4.04. The number of imidazole rings is 1. The van der Waals surface area contributed by atoms with Gasteiger partial charge in [-0.3, -0.25) is 0 Å². The predicted octanol–water partition coefficient (Wildman–Crippen LogP) is 1.84. The highest BCUT2D eigenvalue weighted by atomic mass is 32.1. The third-order valence-electron chi connectivity index (χ3n) is 2.64. The molecular formula is C13H15N3O2S. The second-order valence-corrected chi connectivity index (χ2v) is 4.82. The molecule has 0 spiro atoms. The lowest BCUT2D eigenvalue weighted by atomic mass is 10.1. The smallest absolute Gasteiger partial charge is 0.331 e. The van der Waals surface area contributed by atoms with Crippen LogP contribution >= 0.6 is 11.3 Å². The van der Waals surface area contributed by atoms with Gasteiger partial charge in [-0.15, -0.1) is 0 Å². The topological polar surface area (TPSA) is 81.1 Å². The third kappa shape index (κ3) is 3.52. The summed E-state index contributed by atoms with van der Waals surface area (Å²) in [5.74, 6) is -0.918. The molecule has 19 heavy (non-hydrogen) atoms. The summed E-state index contributed by atoms with van der Waals surface area (Å²) in [6.07, 6.45) is 6.08. The Balaban J connectivity index is 2.12. The van der Waals surface area contributed by atoms with Crippen LogP contribution < -0.4 is 5.73 Å². The number of aromatic nitrogens is 2. The zero-order valence-electron chi connectivity index (χ0n) is 10.3. The summed E-state index contributed by atoms with van der Waals surface area (Å²) in [5.41, 5.74) is 7.48. The fraction of sp³-hybridized carbons (Fsp3) is 0.231. The highest BCUT2D eigenvalue weighted by Gasteiger charge is 2.10. The molecule has 2 aromatic rings. The van der Waals surface area contributed by atoms with E-state index in [-0.39, 0.29) is 0 Å². The average molecular weight is 277 g/mol. The van der Waals surface area contributed by atoms with Crippen LogP contribution in [0.3, 0.4) is 0 Å². The van der Waals surface area contributed by atoms with E-state index in [1.807, 2.05) is 27.6 Å². The summed E-state index contributed by atoms with van der Waals surface area (Å²) in [4.78, 5) is 15.3. The molecule has 0 bridgehead atoms. The minimum absolute atomic E-state index is 0.312. The van der Waals surface area contributed by atoms with Crippen molar-refractivity contribution in [3.63, 3.8) is 0 Å². The first-order chi connectivity index (χ1) is 9.20. The van der Waals surface area contributed by atoms with Crippen LogP contribution in [-0.2, 0) is 11.2 Å². The number of carboxylic acid groups (broad SMARTS) is 1. The van der Waals surface area contributed by atoms with Crippen molar-refractivity contribution in [3.05, 3.63) is 46.7 Å². The molecule has 2 aromatic heterocycles. The van der Waals surface area contributed by atoms with Crippen LogP contribution in [0.1, 0.15) is 12.1 Å². The van der Waals surface area contributed by atoms with Gasteiger partial charge in [0.15, 0.2) is 0 Å². The number of carbonyl (C=O) groups is 1. The van der Waals surface area contributed by atoms with Crippen LogP contribution in [0.2, 0.25) is 0 Å². The molecule has 3 N–H and O–H groups in total. The minimum Gasteiger partial charge on any atom is -0.478 e. The monoisotopic (exact) mass is 277 g/mol. The summed E-state index contributed by atoms with van der Waals surface area (Å²) in [5, 5.41) is 13.1. The molecule has 0 saturated carbocycles. The molecule has 100 valence electrons. The number of aliphatic carboxylic acids is 1. The summed E-state index contributed by atoms with van der Waals surface area (Å²) >= 11 is 1.61. The van der Waals surface area contributed by atoms with Crippen molar-refractivity contribution in [1.29, 1.82) is 0 Å². The third-order valence-corrected chi connectivity index (χ3v) is 3.31. The zero-order valence-corrected chi connectivity index (χ0v) is 11.1. The van der Waals surface area contributed by atoms with E-state index in [1.165, 1.54) is 0 Å². The molecule has 6 heteroatoms. The maximum absolute atomic E-state index is 11.1. The first-order valence-electron chi connectivity index (χ1n) is 5.88. The Morgan fingerprint density at radius 2 is 2.42 bits per heavy atom. The van der Waals surface area contributed by atoms with Gasteiger partial charge in [-0.2, -0.15) is 11.3 Å². The van der Waals surface area contributed by atoms with E-state index in [0.717, 1.165) is 11.4 Å². The van der Waals surface area contributed by atoms with E-state index in [0.29, 0.717) is 25.0 Å². The lowest BCUT2D eigenvalue weighted by Crippen LogP contribution is -2.06. The number of hydrogen-bond acceptors (Lipinski definition) is 4. The van der Waals surface area contributed by atoms with E-state index in [4.69, 9.17) is 10.8 Å². The molecule has 0 fully saturated rings. The standard InChI is InChI=1S/C13H15N3O2S/c14-4-1-2-10(13(17)18)6-11-7-16(9-15-11)12-3-5-19-8-12/h2-3,5,7-9H,1,4,6,14H2,(H,17,18)/b10-2-. The average Bonchev–Trinajstić information content (AvgIpc) is 3.04. The molecule has 0 aromatic carbocycles. The van der Waals surface area contributed by atoms with E-state index in [1.54, 1.807) is 23.7 Å². The van der Waals surface area contributed by atoms with Crippen LogP contribution in [0, 0.1) is 0 Å². The Bertz CT molecular complexity index is 572. The molecule has 0 atom stereocenters. The molecule has 0 radical (unpaired) electrons. The lowest BCUT2D eigenvalue weighted by Gasteiger charge is -1.99. The van der Waals surface area contributed by atoms with E-state index in [9.17, 15) is 4.79 Å². The molecular weight excluding hydrogens is 262 g/mol. The SMILES string of the molecule is NCC/C=C(/Cc1cn(-c2ccsc2)cn1)C(=O)O. The Labute approximate surface area is 115 Å². The first-order valence-corrected chi connectivity index (χ1v) is 6.83. The predicted molar refractivity (Wildman–Crippen MR) is 74.5 cm³/mol. The maximum atomic E-state index is 11.1. The van der Waals surface area contributed by atoms with Gasteiger partial charge in [-0.25, -0.2) is 9.78 Å². The maximum Gasteiger partial charge on any atom is 0.331 e. The van der Waals surface area contributed by atoms with Gasteiger partial charge in [-0.1, -0.05) is 6.08 Å². The molecule has 5 nitrogen and oxygen atoms in total. The van der Waals surface area contributed by atoms with Gasteiger partial charge in [0, 0.05) is 23.6 Å². The van der Waals surface area contributed by atoms with Crippen LogP contribution in [-0.4, -0.2) is 27.2 Å². The van der Waals surface area contributed by atoms with Crippen LogP contribution in [0.5, 0.6) is 0 Å². The molecule has 2 rings (SSSR count). The van der Waals surface area contributed by atoms with Crippen molar-refractivity contribution < 1.29 is 9.90 Å². The second kappa shape index (κ2) is 6.31. The summed E-state index contributed by atoms with van der Waals surface area (Å²) < 4.78 is 1.88. The minimum atomic E-state index is -0.918. The summed E-state index contributed by atoms with van der Waals surface area (Å²) in [6.45, 7) is 0.445. The highest BCUT2D eigenvalue weighted by molar-refractivity contribution is 7.08. The van der Waals surface area contributed by atoms with E-state index in [2.05, 4.69) is 4.98 Å². The van der Waals surface area contributed by atoms with Crippen molar-refractivity contribution >= 4 is 17.3 Å². The zero-order chi connectivity index (χ0) is 13.7. The van der Waals surface area contributed by atoms with Gasteiger partial charge in [0.2, 0.25) is 0 Å². The number of nitrogens with zero attached hydrogens (tertiary/aromatic N) is 2. The van der Waals surface area contributed by atoms with Gasteiger partial charge in [0.1, 0.15) is 0 Å². The Morgan fingerprint density at radius 1 is 1.58 bits per heavy atom. The normalized spacial score (nSPS) is 11.7. The Hall–Kier alpha value is -1.92. The largest absolute Gasteiger partial charge is 0.478 e. The summed E-state index contributed by atoms with van der Waals surface area (Å²) in [6, 6.07) is 1.98. The molecule has 2 heterocycles.